The molecule has 1 aliphatic rings. The van der Waals surface area contributed by atoms with Crippen LogP contribution in [0.4, 0.5) is 8.78 Å². The number of fused-ring (bicyclic) bond motifs is 1. The van der Waals surface area contributed by atoms with Crippen LogP contribution < -0.4 is 0 Å². The van der Waals surface area contributed by atoms with Crippen molar-refractivity contribution in [3.05, 3.63) is 30.1 Å². The highest BCUT2D eigenvalue weighted by Gasteiger charge is 2.22. The second kappa shape index (κ2) is 9.02. The lowest BCUT2D eigenvalue weighted by Crippen LogP contribution is -2.47. The molecule has 24 heavy (non-hydrogen) atoms. The Morgan fingerprint density at radius 1 is 1.12 bits per heavy atom. The van der Waals surface area contributed by atoms with Gasteiger partial charge in [0.1, 0.15) is 5.82 Å². The van der Waals surface area contributed by atoms with Gasteiger partial charge in [-0.2, -0.15) is 8.78 Å². The number of aromatic nitrogens is 2. The number of hydrogen-bond acceptors (Lipinski definition) is 4. The van der Waals surface area contributed by atoms with E-state index in [0.29, 0.717) is 23.4 Å². The fraction of sp³-hybridized carbons (Fsp3) is 0.562. The number of nitrogens with zero attached hydrogens (tertiary/aromatic N) is 4. The predicted octanol–water partition coefficient (Wildman–Crippen LogP) is 2.81. The molecule has 0 atom stereocenters. The molecule has 0 saturated carbocycles. The number of ether oxygens (including phenoxy) is 1. The second-order valence-electron chi connectivity index (χ2n) is 5.77. The number of rotatable bonds is 6. The maximum atomic E-state index is 13.4. The van der Waals surface area contributed by atoms with Gasteiger partial charge in [0, 0.05) is 39.8 Å². The highest BCUT2D eigenvalue weighted by Crippen LogP contribution is 2.24. The smallest absolute Gasteiger partial charge is 0.320 e. The molecule has 5 nitrogen and oxygen atoms in total. The van der Waals surface area contributed by atoms with Gasteiger partial charge in [-0.3, -0.25) is 14.4 Å². The van der Waals surface area contributed by atoms with Crippen LogP contribution in [0.2, 0.25) is 0 Å². The third kappa shape index (κ3) is 4.41. The highest BCUT2D eigenvalue weighted by molar-refractivity contribution is 14.0. The summed E-state index contributed by atoms with van der Waals surface area (Å²) in [6, 6.07) is 7.06. The molecule has 0 radical (unpaired) electrons. The van der Waals surface area contributed by atoms with E-state index in [9.17, 15) is 8.78 Å². The number of hydrogen-bond donors (Lipinski definition) is 0. The molecular formula is C16H23F2IN4O. The first kappa shape index (κ1) is 19.5. The van der Waals surface area contributed by atoms with Crippen LogP contribution in [0.3, 0.4) is 0 Å². The molecule has 1 saturated heterocycles. The molecule has 0 aliphatic carbocycles. The van der Waals surface area contributed by atoms with Gasteiger partial charge in [-0.05, 0) is 12.1 Å². The van der Waals surface area contributed by atoms with Crippen molar-refractivity contribution in [1.29, 1.82) is 0 Å². The maximum absolute atomic E-state index is 13.4. The van der Waals surface area contributed by atoms with Gasteiger partial charge in [-0.25, -0.2) is 4.98 Å². The monoisotopic (exact) mass is 452 g/mol. The van der Waals surface area contributed by atoms with Crippen molar-refractivity contribution in [3.63, 3.8) is 0 Å². The SMILES string of the molecule is COCCN1CCN(Cc2nc3ccccc3n2C(F)F)CC1.I. The third-order valence-corrected chi connectivity index (χ3v) is 4.31. The van der Waals surface area contributed by atoms with Crippen molar-refractivity contribution in [3.8, 4) is 0 Å². The van der Waals surface area contributed by atoms with E-state index >= 15 is 0 Å². The normalized spacial score (nSPS) is 16.7. The number of piperazine rings is 1. The minimum atomic E-state index is -2.57. The lowest BCUT2D eigenvalue weighted by Gasteiger charge is -2.34. The van der Waals surface area contributed by atoms with Crippen LogP contribution in [0.1, 0.15) is 12.4 Å². The number of alkyl halides is 2. The largest absolute Gasteiger partial charge is 0.383 e. The van der Waals surface area contributed by atoms with Gasteiger partial charge < -0.3 is 4.74 Å². The van der Waals surface area contributed by atoms with Gasteiger partial charge in [-0.15, -0.1) is 24.0 Å². The second-order valence-corrected chi connectivity index (χ2v) is 5.77. The fourth-order valence-electron chi connectivity index (χ4n) is 3.02. The Balaban J connectivity index is 0.00000208. The van der Waals surface area contributed by atoms with Crippen LogP contribution >= 0.6 is 24.0 Å². The highest BCUT2D eigenvalue weighted by atomic mass is 127. The molecule has 1 aliphatic heterocycles. The van der Waals surface area contributed by atoms with Crippen molar-refractivity contribution in [2.75, 3.05) is 46.4 Å². The van der Waals surface area contributed by atoms with Crippen LogP contribution in [0, 0.1) is 0 Å². The standard InChI is InChI=1S/C16H22F2N4O.HI/c1-23-11-10-20-6-8-21(9-7-20)12-15-19-13-4-2-3-5-14(13)22(15)16(17)18;/h2-5,16H,6-12H2,1H3;1H. The van der Waals surface area contributed by atoms with Crippen molar-refractivity contribution in [1.82, 2.24) is 19.4 Å². The first-order valence-corrected chi connectivity index (χ1v) is 7.86. The quantitative estimate of drug-likeness (QED) is 0.632. The van der Waals surface area contributed by atoms with Crippen molar-refractivity contribution in [2.45, 2.75) is 13.1 Å². The molecule has 0 unspecified atom stereocenters. The molecule has 3 rings (SSSR count). The molecule has 2 aromatic rings. The van der Waals surface area contributed by atoms with Gasteiger partial charge in [0.15, 0.2) is 0 Å². The maximum Gasteiger partial charge on any atom is 0.320 e. The summed E-state index contributed by atoms with van der Waals surface area (Å²) < 4.78 is 33.0. The Morgan fingerprint density at radius 3 is 2.46 bits per heavy atom. The predicted molar refractivity (Wildman–Crippen MR) is 100.0 cm³/mol. The van der Waals surface area contributed by atoms with Crippen molar-refractivity contribution in [2.24, 2.45) is 0 Å². The summed E-state index contributed by atoms with van der Waals surface area (Å²) in [5.74, 6) is 0.437. The third-order valence-electron chi connectivity index (χ3n) is 4.31. The summed E-state index contributed by atoms with van der Waals surface area (Å²) in [5, 5.41) is 0. The van der Waals surface area contributed by atoms with Crippen LogP contribution in [0.25, 0.3) is 11.0 Å². The lowest BCUT2D eigenvalue weighted by molar-refractivity contribution is 0.0624. The Hall–Kier alpha value is -0.840. The minimum absolute atomic E-state index is 0. The zero-order chi connectivity index (χ0) is 16.2. The summed E-state index contributed by atoms with van der Waals surface area (Å²) in [6.07, 6.45) is 0. The van der Waals surface area contributed by atoms with Gasteiger partial charge >= 0.3 is 6.55 Å². The van der Waals surface area contributed by atoms with Gasteiger partial charge in [0.2, 0.25) is 0 Å². The number of imidazole rings is 1. The zero-order valence-corrected chi connectivity index (χ0v) is 16.0. The molecule has 1 fully saturated rings. The first-order valence-electron chi connectivity index (χ1n) is 7.86. The molecule has 0 N–H and O–H groups in total. The van der Waals surface area contributed by atoms with Gasteiger partial charge in [0.25, 0.3) is 0 Å². The number of halogens is 3. The Morgan fingerprint density at radius 2 is 1.79 bits per heavy atom. The van der Waals surface area contributed by atoms with E-state index < -0.39 is 6.55 Å². The summed E-state index contributed by atoms with van der Waals surface area (Å²) in [7, 11) is 1.70. The van der Waals surface area contributed by atoms with Crippen LogP contribution in [-0.2, 0) is 11.3 Å². The zero-order valence-electron chi connectivity index (χ0n) is 13.7. The van der Waals surface area contributed by atoms with Gasteiger partial charge in [-0.1, -0.05) is 12.1 Å². The lowest BCUT2D eigenvalue weighted by atomic mass is 10.3. The van der Waals surface area contributed by atoms with Crippen LogP contribution in [0.15, 0.2) is 24.3 Å². The molecule has 8 heteroatoms. The molecule has 0 amide bonds. The molecule has 2 heterocycles. The van der Waals surface area contributed by atoms with E-state index in [1.165, 1.54) is 0 Å². The Labute approximate surface area is 157 Å². The molecule has 134 valence electrons. The molecule has 0 spiro atoms. The van der Waals surface area contributed by atoms with Crippen LogP contribution in [0.5, 0.6) is 0 Å². The topological polar surface area (TPSA) is 33.5 Å². The minimum Gasteiger partial charge on any atom is -0.383 e. The Bertz CT molecular complexity index is 644. The van der Waals surface area contributed by atoms with E-state index in [-0.39, 0.29) is 24.0 Å². The van der Waals surface area contributed by atoms with Crippen molar-refractivity contribution < 1.29 is 13.5 Å². The molecule has 1 aromatic heterocycles. The van der Waals surface area contributed by atoms with E-state index in [2.05, 4.69) is 14.8 Å². The fourth-order valence-corrected chi connectivity index (χ4v) is 3.02. The summed E-state index contributed by atoms with van der Waals surface area (Å²) in [5.41, 5.74) is 1.12. The van der Waals surface area contributed by atoms with E-state index in [4.69, 9.17) is 4.74 Å². The van der Waals surface area contributed by atoms with E-state index in [0.717, 1.165) is 43.9 Å². The number of benzene rings is 1. The van der Waals surface area contributed by atoms with Crippen molar-refractivity contribution >= 4 is 35.0 Å². The number of para-hydroxylation sites is 2. The summed E-state index contributed by atoms with van der Waals surface area (Å²) >= 11 is 0. The van der Waals surface area contributed by atoms with Crippen LogP contribution in [-0.4, -0.2) is 65.8 Å². The molecule has 1 aromatic carbocycles. The first-order chi connectivity index (χ1) is 11.2. The van der Waals surface area contributed by atoms with E-state index in [1.807, 2.05) is 6.07 Å². The van der Waals surface area contributed by atoms with Gasteiger partial charge in [0.05, 0.1) is 24.2 Å². The Kier molecular flexibility index (Phi) is 7.33. The molecular weight excluding hydrogens is 429 g/mol. The molecule has 0 bridgehead atoms. The average molecular weight is 452 g/mol. The van der Waals surface area contributed by atoms with E-state index in [1.54, 1.807) is 25.3 Å². The number of methoxy groups -OCH3 is 1. The average Bonchev–Trinajstić information content (AvgIpc) is 2.92. The summed E-state index contributed by atoms with van der Waals surface area (Å²) in [4.78, 5) is 8.92. The summed E-state index contributed by atoms with van der Waals surface area (Å²) in [6.45, 7) is 3.10.